The zero-order valence-electron chi connectivity index (χ0n) is 9.30. The van der Waals surface area contributed by atoms with Crippen LogP contribution in [0.1, 0.15) is 0 Å². The Hall–Kier alpha value is 0.270. The molecule has 1 heterocycles. The Bertz CT molecular complexity index is 201. The largest absolute Gasteiger partial charge is 0.394 e. The molecule has 0 radical (unpaired) electrons. The van der Waals surface area contributed by atoms with Crippen molar-refractivity contribution < 1.29 is 9.84 Å². The third kappa shape index (κ3) is 6.77. The second-order valence-corrected chi connectivity index (χ2v) is 4.40. The maximum absolute atomic E-state index is 8.48. The van der Waals surface area contributed by atoms with Gasteiger partial charge in [-0.25, -0.2) is 0 Å². The average molecular weight is 361 g/mol. The van der Waals surface area contributed by atoms with Crippen molar-refractivity contribution >= 4 is 41.7 Å². The first kappa shape index (κ1) is 16.3. The molecular formula is C9H20IN3O2S. The van der Waals surface area contributed by atoms with Crippen LogP contribution in [0.2, 0.25) is 0 Å². The van der Waals surface area contributed by atoms with E-state index in [9.17, 15) is 0 Å². The number of ether oxygens (including phenoxy) is 1. The van der Waals surface area contributed by atoms with Gasteiger partial charge in [0.05, 0.1) is 26.4 Å². The van der Waals surface area contributed by atoms with Crippen molar-refractivity contribution in [2.75, 3.05) is 51.0 Å². The zero-order chi connectivity index (χ0) is 10.9. The molecule has 3 N–H and O–H groups in total. The van der Waals surface area contributed by atoms with Crippen molar-refractivity contribution in [1.29, 1.82) is 0 Å². The quantitative estimate of drug-likeness (QED) is 0.312. The summed E-state index contributed by atoms with van der Waals surface area (Å²) in [6.07, 6.45) is 0. The minimum atomic E-state index is 0. The molecule has 0 aromatic rings. The molecule has 1 saturated heterocycles. The van der Waals surface area contributed by atoms with Crippen LogP contribution >= 0.6 is 35.7 Å². The van der Waals surface area contributed by atoms with Crippen molar-refractivity contribution in [2.45, 2.75) is 0 Å². The third-order valence-electron chi connectivity index (χ3n) is 2.08. The molecule has 0 aliphatic carbocycles. The van der Waals surface area contributed by atoms with E-state index in [0.29, 0.717) is 25.7 Å². The lowest BCUT2D eigenvalue weighted by molar-refractivity contribution is 0.0976. The number of guanidine groups is 1. The number of rotatable bonds is 5. The highest BCUT2D eigenvalue weighted by Crippen LogP contribution is 2.08. The Balaban J connectivity index is 0.00000225. The first-order chi connectivity index (χ1) is 7.34. The van der Waals surface area contributed by atoms with Gasteiger partial charge >= 0.3 is 0 Å². The lowest BCUT2D eigenvalue weighted by atomic mass is 10.5. The maximum Gasteiger partial charge on any atom is 0.191 e. The van der Waals surface area contributed by atoms with Crippen molar-refractivity contribution in [1.82, 2.24) is 4.90 Å². The molecule has 1 aliphatic rings. The summed E-state index contributed by atoms with van der Waals surface area (Å²) in [4.78, 5) is 6.32. The number of aliphatic hydroxyl groups is 1. The Labute approximate surface area is 118 Å². The number of halogens is 1. The van der Waals surface area contributed by atoms with E-state index in [1.807, 2.05) is 11.8 Å². The second kappa shape index (κ2) is 10.4. The standard InChI is InChI=1S/C9H19N3O2S.HI/c10-9(11-1-5-14-6-4-13)12-2-7-15-8-3-12;/h13H,1-8H2,(H2,10,11);1H. The molecule has 0 saturated carbocycles. The summed E-state index contributed by atoms with van der Waals surface area (Å²) < 4.78 is 5.09. The molecular weight excluding hydrogens is 341 g/mol. The molecule has 0 spiro atoms. The minimum absolute atomic E-state index is 0. The lowest BCUT2D eigenvalue weighted by Gasteiger charge is -2.27. The lowest BCUT2D eigenvalue weighted by Crippen LogP contribution is -2.42. The predicted molar refractivity (Wildman–Crippen MR) is 78.7 cm³/mol. The SMILES string of the molecule is I.NC(=NCCOCCO)N1CCSCC1. The van der Waals surface area contributed by atoms with Gasteiger partial charge in [0.15, 0.2) is 5.96 Å². The van der Waals surface area contributed by atoms with E-state index in [2.05, 4.69) is 9.89 Å². The summed E-state index contributed by atoms with van der Waals surface area (Å²) in [5, 5.41) is 8.48. The normalized spacial score (nSPS) is 17.1. The van der Waals surface area contributed by atoms with Crippen LogP contribution in [0, 0.1) is 0 Å². The fourth-order valence-corrected chi connectivity index (χ4v) is 2.19. The summed E-state index contributed by atoms with van der Waals surface area (Å²) in [6.45, 7) is 3.48. The van der Waals surface area contributed by atoms with Crippen molar-refractivity contribution in [3.8, 4) is 0 Å². The van der Waals surface area contributed by atoms with Crippen LogP contribution in [0.15, 0.2) is 4.99 Å². The van der Waals surface area contributed by atoms with Gasteiger partial charge < -0.3 is 20.5 Å². The molecule has 0 unspecified atom stereocenters. The molecule has 7 heteroatoms. The maximum atomic E-state index is 8.48. The van der Waals surface area contributed by atoms with E-state index in [1.165, 1.54) is 0 Å². The Morgan fingerprint density at radius 2 is 2.06 bits per heavy atom. The smallest absolute Gasteiger partial charge is 0.191 e. The topological polar surface area (TPSA) is 71.1 Å². The van der Waals surface area contributed by atoms with E-state index in [4.69, 9.17) is 15.6 Å². The number of hydrogen-bond acceptors (Lipinski definition) is 4. The van der Waals surface area contributed by atoms with Crippen LogP contribution in [-0.4, -0.2) is 66.9 Å². The number of aliphatic hydroxyl groups excluding tert-OH is 1. The van der Waals surface area contributed by atoms with Crippen molar-refractivity contribution in [3.63, 3.8) is 0 Å². The minimum Gasteiger partial charge on any atom is -0.394 e. The van der Waals surface area contributed by atoms with E-state index < -0.39 is 0 Å². The van der Waals surface area contributed by atoms with Gasteiger partial charge in [0.25, 0.3) is 0 Å². The van der Waals surface area contributed by atoms with Gasteiger partial charge in [0.1, 0.15) is 0 Å². The Morgan fingerprint density at radius 1 is 1.38 bits per heavy atom. The number of aliphatic imine (C=N–C) groups is 1. The van der Waals surface area contributed by atoms with Gasteiger partial charge in [0, 0.05) is 24.6 Å². The van der Waals surface area contributed by atoms with E-state index in [-0.39, 0.29) is 30.6 Å². The predicted octanol–water partition coefficient (Wildman–Crippen LogP) is -0.0232. The van der Waals surface area contributed by atoms with Crippen LogP contribution in [0.4, 0.5) is 0 Å². The molecule has 1 fully saturated rings. The van der Waals surface area contributed by atoms with E-state index in [1.54, 1.807) is 0 Å². The molecule has 0 bridgehead atoms. The number of nitrogens with zero attached hydrogens (tertiary/aromatic N) is 2. The molecule has 1 aliphatic heterocycles. The van der Waals surface area contributed by atoms with Crippen LogP contribution in [-0.2, 0) is 4.74 Å². The van der Waals surface area contributed by atoms with E-state index in [0.717, 1.165) is 24.6 Å². The number of thioether (sulfide) groups is 1. The molecule has 0 aromatic heterocycles. The molecule has 96 valence electrons. The summed E-state index contributed by atoms with van der Waals surface area (Å²) in [5.74, 6) is 2.86. The van der Waals surface area contributed by atoms with Crippen LogP contribution in [0.3, 0.4) is 0 Å². The third-order valence-corrected chi connectivity index (χ3v) is 3.02. The number of hydrogen-bond donors (Lipinski definition) is 2. The highest BCUT2D eigenvalue weighted by Gasteiger charge is 2.11. The molecule has 1 rings (SSSR count). The second-order valence-electron chi connectivity index (χ2n) is 3.18. The summed E-state index contributed by atoms with van der Waals surface area (Å²) in [5.41, 5.74) is 5.82. The Morgan fingerprint density at radius 3 is 2.69 bits per heavy atom. The average Bonchev–Trinajstić information content (AvgIpc) is 2.30. The first-order valence-electron chi connectivity index (χ1n) is 5.16. The van der Waals surface area contributed by atoms with Crippen LogP contribution < -0.4 is 5.73 Å². The molecule has 5 nitrogen and oxygen atoms in total. The van der Waals surface area contributed by atoms with Gasteiger partial charge in [-0.2, -0.15) is 11.8 Å². The van der Waals surface area contributed by atoms with Crippen molar-refractivity contribution in [3.05, 3.63) is 0 Å². The summed E-state index contributed by atoms with van der Waals surface area (Å²) in [6, 6.07) is 0. The number of nitrogens with two attached hydrogens (primary N) is 1. The van der Waals surface area contributed by atoms with Gasteiger partial charge in [-0.15, -0.1) is 24.0 Å². The van der Waals surface area contributed by atoms with Gasteiger partial charge in [-0.05, 0) is 0 Å². The fraction of sp³-hybridized carbons (Fsp3) is 0.889. The van der Waals surface area contributed by atoms with Gasteiger partial charge in [0.2, 0.25) is 0 Å². The van der Waals surface area contributed by atoms with Gasteiger partial charge in [-0.3, -0.25) is 4.99 Å². The zero-order valence-corrected chi connectivity index (χ0v) is 12.4. The molecule has 0 aromatic carbocycles. The summed E-state index contributed by atoms with van der Waals surface area (Å²) >= 11 is 1.95. The van der Waals surface area contributed by atoms with Crippen LogP contribution in [0.25, 0.3) is 0 Å². The van der Waals surface area contributed by atoms with E-state index >= 15 is 0 Å². The molecule has 16 heavy (non-hydrogen) atoms. The highest BCUT2D eigenvalue weighted by molar-refractivity contribution is 14.0. The van der Waals surface area contributed by atoms with Gasteiger partial charge in [-0.1, -0.05) is 0 Å². The van der Waals surface area contributed by atoms with Crippen molar-refractivity contribution in [2.24, 2.45) is 10.7 Å². The highest BCUT2D eigenvalue weighted by atomic mass is 127. The summed E-state index contributed by atoms with van der Waals surface area (Å²) in [7, 11) is 0. The molecule has 0 atom stereocenters. The Kier molecular flexibility index (Phi) is 10.6. The monoisotopic (exact) mass is 361 g/mol. The molecule has 0 amide bonds. The fourth-order valence-electron chi connectivity index (χ4n) is 1.28. The first-order valence-corrected chi connectivity index (χ1v) is 6.31. The van der Waals surface area contributed by atoms with Crippen LogP contribution in [0.5, 0.6) is 0 Å².